The maximum atomic E-state index is 12.4. The average molecular weight is 396 g/mol. The van der Waals surface area contributed by atoms with Gasteiger partial charge >= 0.3 is 5.97 Å². The molecule has 1 amide bonds. The highest BCUT2D eigenvalue weighted by Crippen LogP contribution is 2.34. The smallest absolute Gasteiger partial charge is 0.307 e. The Morgan fingerprint density at radius 1 is 1.35 bits per heavy atom. The van der Waals surface area contributed by atoms with Crippen molar-refractivity contribution in [1.29, 1.82) is 0 Å². The lowest BCUT2D eigenvalue weighted by atomic mass is 10.2. The molecule has 0 aromatic carbocycles. The number of rotatable bonds is 7. The van der Waals surface area contributed by atoms with E-state index in [4.69, 9.17) is 4.74 Å². The number of aromatic amines is 1. The fourth-order valence-electron chi connectivity index (χ4n) is 2.78. The van der Waals surface area contributed by atoms with E-state index >= 15 is 0 Å². The van der Waals surface area contributed by atoms with Crippen molar-refractivity contribution in [2.45, 2.75) is 31.4 Å². The van der Waals surface area contributed by atoms with Crippen LogP contribution in [-0.2, 0) is 32.9 Å². The molecule has 3 rings (SSSR count). The first-order chi connectivity index (χ1) is 12.5. The van der Waals surface area contributed by atoms with Gasteiger partial charge in [0.25, 0.3) is 11.5 Å². The summed E-state index contributed by atoms with van der Waals surface area (Å²) in [6.45, 7) is -0.231. The van der Waals surface area contributed by atoms with E-state index in [1.807, 2.05) is 0 Å². The van der Waals surface area contributed by atoms with Crippen LogP contribution in [0.5, 0.6) is 0 Å². The number of aromatic nitrogens is 2. The van der Waals surface area contributed by atoms with Crippen LogP contribution in [0.2, 0.25) is 0 Å². The molecule has 26 heavy (non-hydrogen) atoms. The number of hydrogen-bond donors (Lipinski definition) is 1. The Morgan fingerprint density at radius 3 is 2.92 bits per heavy atom. The van der Waals surface area contributed by atoms with Gasteiger partial charge in [0, 0.05) is 24.7 Å². The van der Waals surface area contributed by atoms with Crippen LogP contribution in [0.1, 0.15) is 29.1 Å². The highest BCUT2D eigenvalue weighted by atomic mass is 32.2. The monoisotopic (exact) mass is 395 g/mol. The second-order valence-electron chi connectivity index (χ2n) is 6.30. The highest BCUT2D eigenvalue weighted by Gasteiger charge is 2.21. The molecule has 2 aromatic heterocycles. The van der Waals surface area contributed by atoms with Crippen molar-refractivity contribution in [3.63, 3.8) is 0 Å². The Bertz CT molecular complexity index is 888. The van der Waals surface area contributed by atoms with Crippen molar-refractivity contribution in [2.75, 3.05) is 26.5 Å². The summed E-state index contributed by atoms with van der Waals surface area (Å²) in [6.07, 6.45) is 3.33. The predicted molar refractivity (Wildman–Crippen MR) is 103 cm³/mol. The van der Waals surface area contributed by atoms with Gasteiger partial charge in [0.1, 0.15) is 10.7 Å². The summed E-state index contributed by atoms with van der Waals surface area (Å²) >= 11 is 3.12. The third-order valence-corrected chi connectivity index (χ3v) is 6.32. The summed E-state index contributed by atoms with van der Waals surface area (Å²) in [6, 6.07) is 0. The van der Waals surface area contributed by atoms with Gasteiger partial charge in [0.15, 0.2) is 6.61 Å². The molecule has 0 saturated heterocycles. The maximum Gasteiger partial charge on any atom is 0.307 e. The Kier molecular flexibility index (Phi) is 5.98. The summed E-state index contributed by atoms with van der Waals surface area (Å²) < 4.78 is 4.91. The summed E-state index contributed by atoms with van der Waals surface area (Å²) in [5.74, 6) is 1.04. The number of carbonyl (C=O) groups excluding carboxylic acids is 2. The second kappa shape index (κ2) is 8.22. The molecule has 0 fully saturated rings. The lowest BCUT2D eigenvalue weighted by Crippen LogP contribution is -2.27. The molecule has 140 valence electrons. The third-order valence-electron chi connectivity index (χ3n) is 4.17. The Labute approximate surface area is 159 Å². The van der Waals surface area contributed by atoms with Crippen LogP contribution in [0.25, 0.3) is 10.2 Å². The number of ether oxygens (including phenoxy) is 1. The minimum absolute atomic E-state index is 0.0633. The number of H-pyrrole nitrogens is 1. The van der Waals surface area contributed by atoms with Crippen molar-refractivity contribution in [2.24, 2.45) is 0 Å². The van der Waals surface area contributed by atoms with Crippen molar-refractivity contribution < 1.29 is 14.3 Å². The molecule has 0 spiro atoms. The van der Waals surface area contributed by atoms with Gasteiger partial charge in [-0.15, -0.1) is 11.3 Å². The number of likely N-dealkylation sites (N-methyl/N-ethyl adjacent to an activating group) is 1. The summed E-state index contributed by atoms with van der Waals surface area (Å²) in [4.78, 5) is 46.2. The Balaban J connectivity index is 1.49. The minimum atomic E-state index is -0.403. The largest absolute Gasteiger partial charge is 0.456 e. The van der Waals surface area contributed by atoms with Gasteiger partial charge < -0.3 is 14.6 Å². The van der Waals surface area contributed by atoms with Gasteiger partial charge in [-0.2, -0.15) is 11.8 Å². The van der Waals surface area contributed by atoms with Gasteiger partial charge in [-0.1, -0.05) is 0 Å². The molecular formula is C17H21N3O4S2. The van der Waals surface area contributed by atoms with Crippen LogP contribution in [0.15, 0.2) is 4.79 Å². The number of nitrogens with zero attached hydrogens (tertiary/aromatic N) is 2. The van der Waals surface area contributed by atoms with Gasteiger partial charge in [-0.25, -0.2) is 4.98 Å². The number of fused-ring (bicyclic) bond motifs is 3. The van der Waals surface area contributed by atoms with E-state index in [0.29, 0.717) is 17.3 Å². The van der Waals surface area contributed by atoms with Crippen LogP contribution < -0.4 is 5.56 Å². The molecule has 1 N–H and O–H groups in total. The lowest BCUT2D eigenvalue weighted by molar-refractivity contribution is -0.150. The molecule has 0 bridgehead atoms. The number of hydrogen-bond acceptors (Lipinski definition) is 7. The zero-order valence-corrected chi connectivity index (χ0v) is 16.4. The molecule has 7 nitrogen and oxygen atoms in total. The SMILES string of the molecule is CN(C)C(=O)COC(=O)CCSCc1nc2sc3c(c2c(=O)[nH]1)CCC3. The maximum absolute atomic E-state index is 12.4. The van der Waals surface area contributed by atoms with E-state index < -0.39 is 5.97 Å². The molecule has 1 aliphatic carbocycles. The van der Waals surface area contributed by atoms with E-state index in [0.717, 1.165) is 29.5 Å². The minimum Gasteiger partial charge on any atom is -0.456 e. The molecule has 1 aliphatic rings. The number of thiophene rings is 1. The van der Waals surface area contributed by atoms with E-state index in [1.54, 1.807) is 25.4 Å². The first-order valence-electron chi connectivity index (χ1n) is 8.42. The number of amides is 1. The molecular weight excluding hydrogens is 374 g/mol. The van der Waals surface area contributed by atoms with E-state index in [-0.39, 0.29) is 24.5 Å². The number of nitrogens with one attached hydrogen (secondary N) is 1. The topological polar surface area (TPSA) is 92.4 Å². The zero-order valence-electron chi connectivity index (χ0n) is 14.8. The molecule has 0 radical (unpaired) electrons. The van der Waals surface area contributed by atoms with E-state index in [1.165, 1.54) is 27.1 Å². The van der Waals surface area contributed by atoms with E-state index in [9.17, 15) is 14.4 Å². The van der Waals surface area contributed by atoms with Gasteiger partial charge in [-0.05, 0) is 24.8 Å². The lowest BCUT2D eigenvalue weighted by Gasteiger charge is -2.10. The summed E-state index contributed by atoms with van der Waals surface area (Å²) in [5, 5.41) is 0.755. The van der Waals surface area contributed by atoms with Crippen molar-refractivity contribution >= 4 is 45.2 Å². The van der Waals surface area contributed by atoms with Crippen LogP contribution in [0, 0.1) is 0 Å². The molecule has 2 heterocycles. The number of esters is 1. The predicted octanol–water partition coefficient (Wildman–Crippen LogP) is 1.73. The number of carbonyl (C=O) groups is 2. The third kappa shape index (κ3) is 4.27. The van der Waals surface area contributed by atoms with Crippen molar-refractivity contribution in [3.05, 3.63) is 26.6 Å². The quantitative estimate of drug-likeness (QED) is 0.567. The van der Waals surface area contributed by atoms with Crippen LogP contribution in [0.3, 0.4) is 0 Å². The fourth-order valence-corrected chi connectivity index (χ4v) is 4.85. The summed E-state index contributed by atoms with van der Waals surface area (Å²) in [7, 11) is 3.22. The van der Waals surface area contributed by atoms with Crippen LogP contribution in [-0.4, -0.2) is 53.2 Å². The van der Waals surface area contributed by atoms with Crippen molar-refractivity contribution in [3.8, 4) is 0 Å². The molecule has 0 saturated carbocycles. The first kappa shape index (κ1) is 18.9. The summed E-state index contributed by atoms with van der Waals surface area (Å²) in [5.41, 5.74) is 1.11. The number of aryl methyl sites for hydroxylation is 2. The molecule has 9 heteroatoms. The normalized spacial score (nSPS) is 13.0. The van der Waals surface area contributed by atoms with E-state index in [2.05, 4.69) is 9.97 Å². The fraction of sp³-hybridized carbons (Fsp3) is 0.529. The number of thioether (sulfide) groups is 1. The Hall–Kier alpha value is -1.87. The Morgan fingerprint density at radius 2 is 2.15 bits per heavy atom. The van der Waals surface area contributed by atoms with Gasteiger partial charge in [-0.3, -0.25) is 14.4 Å². The molecule has 2 aromatic rings. The highest BCUT2D eigenvalue weighted by molar-refractivity contribution is 7.98. The second-order valence-corrected chi connectivity index (χ2v) is 8.49. The van der Waals surface area contributed by atoms with Crippen molar-refractivity contribution in [1.82, 2.24) is 14.9 Å². The zero-order chi connectivity index (χ0) is 18.7. The van der Waals surface area contributed by atoms with Crippen LogP contribution in [0.4, 0.5) is 0 Å². The average Bonchev–Trinajstić information content (AvgIpc) is 3.16. The standard InChI is InChI=1S/C17H21N3O4S2/c1-20(2)13(21)8-24-14(22)6-7-25-9-12-18-16(23)15-10-4-3-5-11(10)26-17(15)19-12/h3-9H2,1-2H3,(H,18,19,23). The van der Waals surface area contributed by atoms with Gasteiger partial charge in [0.05, 0.1) is 17.6 Å². The van der Waals surface area contributed by atoms with Crippen LogP contribution >= 0.6 is 23.1 Å². The molecule has 0 atom stereocenters. The first-order valence-corrected chi connectivity index (χ1v) is 10.4. The molecule has 0 aliphatic heterocycles. The molecule has 0 unspecified atom stereocenters. The van der Waals surface area contributed by atoms with Gasteiger partial charge in [0.2, 0.25) is 0 Å².